The Morgan fingerprint density at radius 2 is 2.25 bits per heavy atom. The Labute approximate surface area is 102 Å². The molecule has 0 aliphatic heterocycles. The monoisotopic (exact) mass is 289 g/mol. The van der Waals surface area contributed by atoms with Crippen LogP contribution in [0.5, 0.6) is 0 Å². The molecule has 0 aromatic heterocycles. The molecule has 0 amide bonds. The fourth-order valence-electron chi connectivity index (χ4n) is 1.10. The molecule has 0 spiro atoms. The summed E-state index contributed by atoms with van der Waals surface area (Å²) < 4.78 is 18.5. The lowest BCUT2D eigenvalue weighted by molar-refractivity contribution is -0.145. The van der Waals surface area contributed by atoms with Crippen LogP contribution in [0.25, 0.3) is 0 Å². The molecule has 1 rings (SSSR count). The quantitative estimate of drug-likeness (QED) is 0.866. The predicted octanol–water partition coefficient (Wildman–Crippen LogP) is 2.95. The average molecular weight is 290 g/mol. The highest BCUT2D eigenvalue weighted by atomic mass is 79.9. The normalized spacial score (nSPS) is 10.3. The lowest BCUT2D eigenvalue weighted by atomic mass is 10.3. The van der Waals surface area contributed by atoms with Crippen LogP contribution < -0.4 is 5.32 Å². The van der Waals surface area contributed by atoms with Crippen LogP contribution in [0.4, 0.5) is 10.1 Å². The van der Waals surface area contributed by atoms with Crippen LogP contribution in [0, 0.1) is 5.82 Å². The number of benzene rings is 1. The van der Waals surface area contributed by atoms with Gasteiger partial charge in [-0.05, 0) is 48.0 Å². The molecule has 0 radical (unpaired) electrons. The smallest absolute Gasteiger partial charge is 0.325 e. The van der Waals surface area contributed by atoms with Crippen molar-refractivity contribution in [1.29, 1.82) is 0 Å². The summed E-state index contributed by atoms with van der Waals surface area (Å²) in [6, 6.07) is 4.22. The van der Waals surface area contributed by atoms with E-state index in [1.54, 1.807) is 19.9 Å². The van der Waals surface area contributed by atoms with Crippen LogP contribution >= 0.6 is 15.9 Å². The van der Waals surface area contributed by atoms with E-state index in [0.717, 1.165) is 0 Å². The van der Waals surface area contributed by atoms with E-state index in [1.807, 2.05) is 0 Å². The average Bonchev–Trinajstić information content (AvgIpc) is 2.18. The molecule has 0 bridgehead atoms. The van der Waals surface area contributed by atoms with Crippen molar-refractivity contribution in [2.75, 3.05) is 11.9 Å². The summed E-state index contributed by atoms with van der Waals surface area (Å²) in [4.78, 5) is 11.2. The molecule has 0 heterocycles. The maximum absolute atomic E-state index is 12.9. The van der Waals surface area contributed by atoms with E-state index < -0.39 is 0 Å². The van der Waals surface area contributed by atoms with Crippen molar-refractivity contribution in [3.8, 4) is 0 Å². The number of anilines is 1. The fourth-order valence-corrected chi connectivity index (χ4v) is 1.49. The first-order chi connectivity index (χ1) is 7.49. The molecule has 5 heteroatoms. The number of esters is 1. The van der Waals surface area contributed by atoms with Gasteiger partial charge in [-0.1, -0.05) is 0 Å². The topological polar surface area (TPSA) is 38.3 Å². The van der Waals surface area contributed by atoms with Crippen molar-refractivity contribution >= 4 is 27.6 Å². The molecule has 0 unspecified atom stereocenters. The zero-order valence-corrected chi connectivity index (χ0v) is 10.7. The van der Waals surface area contributed by atoms with Crippen molar-refractivity contribution in [1.82, 2.24) is 0 Å². The number of hydrogen-bond acceptors (Lipinski definition) is 3. The summed E-state index contributed by atoms with van der Waals surface area (Å²) >= 11 is 3.25. The summed E-state index contributed by atoms with van der Waals surface area (Å²) in [5, 5.41) is 2.80. The number of carbonyl (C=O) groups is 1. The van der Waals surface area contributed by atoms with E-state index in [4.69, 9.17) is 4.74 Å². The van der Waals surface area contributed by atoms with Gasteiger partial charge < -0.3 is 10.1 Å². The fraction of sp³-hybridized carbons (Fsp3) is 0.364. The van der Waals surface area contributed by atoms with Gasteiger partial charge in [0.15, 0.2) is 0 Å². The first-order valence-corrected chi connectivity index (χ1v) is 5.66. The van der Waals surface area contributed by atoms with E-state index in [1.165, 1.54) is 12.1 Å². The minimum atomic E-state index is -0.369. The maximum Gasteiger partial charge on any atom is 0.325 e. The highest BCUT2D eigenvalue weighted by Crippen LogP contribution is 2.22. The van der Waals surface area contributed by atoms with E-state index in [2.05, 4.69) is 21.2 Å². The molecule has 88 valence electrons. The van der Waals surface area contributed by atoms with Crippen LogP contribution in [-0.4, -0.2) is 18.6 Å². The van der Waals surface area contributed by atoms with Gasteiger partial charge in [-0.15, -0.1) is 0 Å². The van der Waals surface area contributed by atoms with Gasteiger partial charge in [-0.25, -0.2) is 4.39 Å². The lowest BCUT2D eigenvalue weighted by Gasteiger charge is -2.10. The Kier molecular flexibility index (Phi) is 4.73. The number of rotatable bonds is 4. The van der Waals surface area contributed by atoms with Crippen molar-refractivity contribution in [2.45, 2.75) is 20.0 Å². The Morgan fingerprint density at radius 3 is 2.88 bits per heavy atom. The van der Waals surface area contributed by atoms with Gasteiger partial charge in [0.2, 0.25) is 0 Å². The number of hydrogen-bond donors (Lipinski definition) is 1. The molecule has 1 aromatic carbocycles. The Bertz CT molecular complexity index is 382. The molecule has 0 fully saturated rings. The number of ether oxygens (including phenoxy) is 1. The third-order valence-electron chi connectivity index (χ3n) is 1.72. The van der Waals surface area contributed by atoms with Crippen molar-refractivity contribution in [2.24, 2.45) is 0 Å². The van der Waals surface area contributed by atoms with Crippen LogP contribution in [0.15, 0.2) is 22.7 Å². The summed E-state index contributed by atoms with van der Waals surface area (Å²) in [5.41, 5.74) is 0.528. The molecule has 3 nitrogen and oxygen atoms in total. The van der Waals surface area contributed by atoms with Crippen molar-refractivity contribution < 1.29 is 13.9 Å². The highest BCUT2D eigenvalue weighted by Gasteiger charge is 2.07. The molecular weight excluding hydrogens is 277 g/mol. The van der Waals surface area contributed by atoms with Crippen LogP contribution in [-0.2, 0) is 9.53 Å². The number of nitrogens with one attached hydrogen (secondary N) is 1. The zero-order valence-electron chi connectivity index (χ0n) is 9.09. The molecular formula is C11H13BrFNO2. The Morgan fingerprint density at radius 1 is 1.56 bits per heavy atom. The standard InChI is InChI=1S/C11H13BrFNO2/c1-7(2)16-11(15)6-14-10-5-8(13)3-4-9(10)12/h3-5,7,14H,6H2,1-2H3. The molecule has 0 saturated carbocycles. The van der Waals surface area contributed by atoms with Crippen LogP contribution in [0.1, 0.15) is 13.8 Å². The molecule has 16 heavy (non-hydrogen) atoms. The summed E-state index contributed by atoms with van der Waals surface area (Å²) in [6.07, 6.45) is -0.148. The molecule has 0 aliphatic carbocycles. The molecule has 0 atom stereocenters. The molecule has 1 aromatic rings. The van der Waals surface area contributed by atoms with Gasteiger partial charge in [0, 0.05) is 4.47 Å². The molecule has 0 aliphatic rings. The summed E-state index contributed by atoms with van der Waals surface area (Å²) in [6.45, 7) is 3.56. The van der Waals surface area contributed by atoms with E-state index in [0.29, 0.717) is 10.2 Å². The second-order valence-corrected chi connectivity index (χ2v) is 4.37. The van der Waals surface area contributed by atoms with E-state index >= 15 is 0 Å². The van der Waals surface area contributed by atoms with Crippen molar-refractivity contribution in [3.05, 3.63) is 28.5 Å². The second-order valence-electron chi connectivity index (χ2n) is 3.52. The summed E-state index contributed by atoms with van der Waals surface area (Å²) in [7, 11) is 0. The van der Waals surface area contributed by atoms with Crippen molar-refractivity contribution in [3.63, 3.8) is 0 Å². The number of carbonyl (C=O) groups excluding carboxylic acids is 1. The van der Waals surface area contributed by atoms with Gasteiger partial charge in [0.05, 0.1) is 11.8 Å². The Hall–Kier alpha value is -1.10. The first-order valence-electron chi connectivity index (χ1n) is 4.87. The lowest BCUT2D eigenvalue weighted by Crippen LogP contribution is -2.20. The SMILES string of the molecule is CC(C)OC(=O)CNc1cc(F)ccc1Br. The zero-order chi connectivity index (χ0) is 12.1. The van der Waals surface area contributed by atoms with E-state index in [9.17, 15) is 9.18 Å². The predicted molar refractivity (Wildman–Crippen MR) is 63.8 cm³/mol. The largest absolute Gasteiger partial charge is 0.462 e. The molecule has 1 N–H and O–H groups in total. The highest BCUT2D eigenvalue weighted by molar-refractivity contribution is 9.10. The van der Waals surface area contributed by atoms with Gasteiger partial charge in [0.25, 0.3) is 0 Å². The Balaban J connectivity index is 2.54. The number of halogens is 2. The van der Waals surface area contributed by atoms with Gasteiger partial charge in [0.1, 0.15) is 12.4 Å². The maximum atomic E-state index is 12.9. The van der Waals surface area contributed by atoms with Gasteiger partial charge >= 0.3 is 5.97 Å². The van der Waals surface area contributed by atoms with Crippen LogP contribution in [0.3, 0.4) is 0 Å². The van der Waals surface area contributed by atoms with Crippen LogP contribution in [0.2, 0.25) is 0 Å². The molecule has 0 saturated heterocycles. The summed E-state index contributed by atoms with van der Waals surface area (Å²) in [5.74, 6) is -0.728. The third kappa shape index (κ3) is 4.18. The van der Waals surface area contributed by atoms with Gasteiger partial charge in [-0.3, -0.25) is 4.79 Å². The van der Waals surface area contributed by atoms with Gasteiger partial charge in [-0.2, -0.15) is 0 Å². The minimum absolute atomic E-state index is 0.0141. The van der Waals surface area contributed by atoms with E-state index in [-0.39, 0.29) is 24.4 Å². The second kappa shape index (κ2) is 5.84. The minimum Gasteiger partial charge on any atom is -0.462 e. The third-order valence-corrected chi connectivity index (χ3v) is 2.41. The first kappa shape index (κ1) is 13.0.